The van der Waals surface area contributed by atoms with Crippen LogP contribution >= 0.6 is 22.7 Å². The molecule has 0 saturated heterocycles. The third-order valence-electron chi connectivity index (χ3n) is 0.851. The Morgan fingerprint density at radius 3 is 1.07 bits per heavy atom. The van der Waals surface area contributed by atoms with Gasteiger partial charge in [-0.25, -0.2) is 4.79 Å². The fourth-order valence-electron chi connectivity index (χ4n) is 0.454. The molecule has 2 heterocycles. The maximum atomic E-state index is 8.56. The highest BCUT2D eigenvalue weighted by molar-refractivity contribution is 7.08. The maximum Gasteiger partial charge on any atom is 0.503 e. The zero-order valence-corrected chi connectivity index (χ0v) is 8.87. The summed E-state index contributed by atoms with van der Waals surface area (Å²) in [6.45, 7) is 0. The molecule has 0 atom stereocenters. The van der Waals surface area contributed by atoms with Crippen LogP contribution in [0.15, 0.2) is 45.8 Å². The van der Waals surface area contributed by atoms with Gasteiger partial charge < -0.3 is 10.2 Å². The van der Waals surface area contributed by atoms with Crippen LogP contribution in [-0.2, 0) is 0 Å². The monoisotopic (exact) mass is 230 g/mol. The summed E-state index contributed by atoms with van der Waals surface area (Å²) in [5.74, 6) is 0. The Kier molecular flexibility index (Phi) is 8.83. The molecule has 0 radical (unpaired) electrons. The summed E-state index contributed by atoms with van der Waals surface area (Å²) < 4.78 is 0. The van der Waals surface area contributed by atoms with Gasteiger partial charge in [-0.05, 0) is 21.5 Å². The molecular weight excluding hydrogens is 220 g/mol. The highest BCUT2D eigenvalue weighted by Crippen LogP contribution is 1.92. The molecule has 0 aliphatic rings. The number of thiophene rings is 2. The van der Waals surface area contributed by atoms with Gasteiger partial charge in [0.2, 0.25) is 0 Å². The molecule has 3 nitrogen and oxygen atoms in total. The molecule has 2 aromatic heterocycles. The van der Waals surface area contributed by atoms with E-state index in [0.29, 0.717) is 0 Å². The van der Waals surface area contributed by atoms with Crippen LogP contribution in [-0.4, -0.2) is 16.4 Å². The van der Waals surface area contributed by atoms with Gasteiger partial charge in [-0.3, -0.25) is 0 Å². The quantitative estimate of drug-likeness (QED) is 0.725. The summed E-state index contributed by atoms with van der Waals surface area (Å²) >= 11 is 3.43. The molecule has 0 aliphatic carbocycles. The summed E-state index contributed by atoms with van der Waals surface area (Å²) in [4.78, 5) is 8.56. The van der Waals surface area contributed by atoms with E-state index >= 15 is 0 Å². The first-order valence-corrected chi connectivity index (χ1v) is 5.48. The maximum absolute atomic E-state index is 8.56. The predicted molar refractivity (Wildman–Crippen MR) is 59.3 cm³/mol. The fourth-order valence-corrected chi connectivity index (χ4v) is 1.36. The van der Waals surface area contributed by atoms with Crippen molar-refractivity contribution in [3.05, 3.63) is 45.8 Å². The van der Waals surface area contributed by atoms with Crippen molar-refractivity contribution in [1.29, 1.82) is 0 Å². The minimum Gasteiger partial charge on any atom is -0.450 e. The number of carbonyl (C=O) groups is 1. The lowest BCUT2D eigenvalue weighted by Gasteiger charge is -1.60. The molecule has 2 N–H and O–H groups in total. The Hall–Kier alpha value is -1.33. The smallest absolute Gasteiger partial charge is 0.450 e. The van der Waals surface area contributed by atoms with Gasteiger partial charge in [0.1, 0.15) is 0 Å². The Morgan fingerprint density at radius 1 is 0.786 bits per heavy atom. The van der Waals surface area contributed by atoms with Gasteiger partial charge >= 0.3 is 6.16 Å². The summed E-state index contributed by atoms with van der Waals surface area (Å²) in [6, 6.07) is 8.07. The lowest BCUT2D eigenvalue weighted by Crippen LogP contribution is -1.81. The zero-order valence-electron chi connectivity index (χ0n) is 7.24. The van der Waals surface area contributed by atoms with Gasteiger partial charge in [-0.2, -0.15) is 22.7 Å². The molecular formula is C9H10O3S2. The fraction of sp³-hybridized carbons (Fsp3) is 0. The third-order valence-corrected chi connectivity index (χ3v) is 2.11. The Balaban J connectivity index is 0.000000183. The van der Waals surface area contributed by atoms with Crippen LogP contribution in [0.2, 0.25) is 0 Å². The minimum atomic E-state index is -1.83. The van der Waals surface area contributed by atoms with Crippen LogP contribution < -0.4 is 0 Å². The van der Waals surface area contributed by atoms with E-state index < -0.39 is 6.16 Å². The molecule has 2 aromatic rings. The Bertz CT molecular complexity index is 225. The Labute approximate surface area is 89.9 Å². The molecule has 0 saturated carbocycles. The molecule has 0 spiro atoms. The average molecular weight is 230 g/mol. The van der Waals surface area contributed by atoms with Gasteiger partial charge in [0.25, 0.3) is 0 Å². The number of carboxylic acid groups (broad SMARTS) is 2. The van der Waals surface area contributed by atoms with Crippen molar-refractivity contribution in [2.75, 3.05) is 0 Å². The van der Waals surface area contributed by atoms with Crippen LogP contribution in [0.25, 0.3) is 0 Å². The second kappa shape index (κ2) is 9.76. The standard InChI is InChI=1S/2C4H4S.CH2O3/c2*1-2-4-5-3-1;2-1(3)4/h2*1-4H;(H2,2,3,4). The molecule has 0 aromatic carbocycles. The van der Waals surface area contributed by atoms with Crippen LogP contribution in [0.4, 0.5) is 4.79 Å². The molecule has 0 aliphatic heterocycles. The van der Waals surface area contributed by atoms with E-state index in [-0.39, 0.29) is 0 Å². The molecule has 76 valence electrons. The van der Waals surface area contributed by atoms with Gasteiger partial charge in [-0.1, -0.05) is 24.3 Å². The lowest BCUT2D eigenvalue weighted by atomic mass is 10.7. The van der Waals surface area contributed by atoms with E-state index in [1.807, 2.05) is 45.8 Å². The molecule has 0 unspecified atom stereocenters. The average Bonchev–Trinajstić information content (AvgIpc) is 2.83. The van der Waals surface area contributed by atoms with Gasteiger partial charge in [0.15, 0.2) is 0 Å². The number of hydrogen-bond acceptors (Lipinski definition) is 3. The zero-order chi connectivity index (χ0) is 10.6. The SMILES string of the molecule is O=C(O)O.c1ccsc1.c1ccsc1. The van der Waals surface area contributed by atoms with Crippen molar-refractivity contribution in [2.45, 2.75) is 0 Å². The summed E-state index contributed by atoms with van der Waals surface area (Å²) in [6.07, 6.45) is -1.83. The van der Waals surface area contributed by atoms with Crippen LogP contribution in [0, 0.1) is 0 Å². The van der Waals surface area contributed by atoms with Crippen LogP contribution in [0.5, 0.6) is 0 Å². The second-order valence-corrected chi connectivity index (χ2v) is 3.50. The normalized spacial score (nSPS) is 7.43. The van der Waals surface area contributed by atoms with E-state index in [2.05, 4.69) is 0 Å². The minimum absolute atomic E-state index is 1.71. The van der Waals surface area contributed by atoms with Gasteiger partial charge in [0.05, 0.1) is 0 Å². The summed E-state index contributed by atoms with van der Waals surface area (Å²) in [7, 11) is 0. The van der Waals surface area contributed by atoms with Crippen LogP contribution in [0.1, 0.15) is 0 Å². The first-order valence-electron chi connectivity index (χ1n) is 3.59. The molecule has 14 heavy (non-hydrogen) atoms. The van der Waals surface area contributed by atoms with E-state index in [1.165, 1.54) is 0 Å². The van der Waals surface area contributed by atoms with Crippen LogP contribution in [0.3, 0.4) is 0 Å². The van der Waals surface area contributed by atoms with Crippen molar-refractivity contribution in [3.63, 3.8) is 0 Å². The molecule has 5 heteroatoms. The van der Waals surface area contributed by atoms with E-state index in [0.717, 1.165) is 0 Å². The predicted octanol–water partition coefficient (Wildman–Crippen LogP) is 3.72. The van der Waals surface area contributed by atoms with Gasteiger partial charge in [0, 0.05) is 0 Å². The molecule has 0 bridgehead atoms. The summed E-state index contributed by atoms with van der Waals surface area (Å²) in [5.41, 5.74) is 0. The molecule has 0 fully saturated rings. The van der Waals surface area contributed by atoms with Crippen molar-refractivity contribution in [1.82, 2.24) is 0 Å². The lowest BCUT2D eigenvalue weighted by molar-refractivity contribution is 0.137. The van der Waals surface area contributed by atoms with E-state index in [4.69, 9.17) is 15.0 Å². The second-order valence-electron chi connectivity index (χ2n) is 1.87. The first-order chi connectivity index (χ1) is 6.73. The molecule has 2 rings (SSSR count). The van der Waals surface area contributed by atoms with Gasteiger partial charge in [-0.15, -0.1) is 0 Å². The van der Waals surface area contributed by atoms with Crippen molar-refractivity contribution in [3.8, 4) is 0 Å². The Morgan fingerprint density at radius 2 is 1.00 bits per heavy atom. The van der Waals surface area contributed by atoms with Crippen molar-refractivity contribution in [2.24, 2.45) is 0 Å². The van der Waals surface area contributed by atoms with E-state index in [9.17, 15) is 0 Å². The third kappa shape index (κ3) is 13.3. The highest BCUT2D eigenvalue weighted by Gasteiger charge is 1.70. The summed E-state index contributed by atoms with van der Waals surface area (Å²) in [5, 5.41) is 22.1. The van der Waals surface area contributed by atoms with Crippen molar-refractivity contribution < 1.29 is 15.0 Å². The first kappa shape index (κ1) is 12.7. The van der Waals surface area contributed by atoms with E-state index in [1.54, 1.807) is 22.7 Å². The molecule has 0 amide bonds. The highest BCUT2D eigenvalue weighted by atomic mass is 32.1. The number of hydrogen-bond donors (Lipinski definition) is 2. The van der Waals surface area contributed by atoms with Crippen molar-refractivity contribution >= 4 is 28.8 Å². The topological polar surface area (TPSA) is 57.5 Å². The largest absolute Gasteiger partial charge is 0.503 e. The number of rotatable bonds is 0.